The summed E-state index contributed by atoms with van der Waals surface area (Å²) in [5.74, 6) is 0.0840. The van der Waals surface area contributed by atoms with E-state index in [1.165, 1.54) is 0 Å². The molecule has 2 aromatic rings. The SMILES string of the molecule is CC(C)c1cc(C(=O)N(CCO)Cc2cccnc2)nn1C(C)(C)C. The molecule has 136 valence electrons. The van der Waals surface area contributed by atoms with Gasteiger partial charge in [-0.1, -0.05) is 19.9 Å². The van der Waals surface area contributed by atoms with Crippen LogP contribution in [0.1, 0.15) is 62.3 Å². The predicted octanol–water partition coefficient (Wildman–Crippen LogP) is 2.79. The lowest BCUT2D eigenvalue weighted by Gasteiger charge is -2.24. The molecule has 0 unspecified atom stereocenters. The van der Waals surface area contributed by atoms with Crippen molar-refractivity contribution in [3.8, 4) is 0 Å². The normalized spacial score (nSPS) is 11.8. The molecule has 0 saturated heterocycles. The van der Waals surface area contributed by atoms with Crippen LogP contribution in [0, 0.1) is 0 Å². The predicted molar refractivity (Wildman–Crippen MR) is 97.4 cm³/mol. The third-order valence-corrected chi connectivity index (χ3v) is 3.94. The molecule has 1 N–H and O–H groups in total. The molecule has 2 aromatic heterocycles. The minimum atomic E-state index is -0.205. The van der Waals surface area contributed by atoms with Gasteiger partial charge in [0.05, 0.1) is 12.1 Å². The first-order chi connectivity index (χ1) is 11.7. The van der Waals surface area contributed by atoms with Gasteiger partial charge in [-0.2, -0.15) is 5.10 Å². The smallest absolute Gasteiger partial charge is 0.274 e. The van der Waals surface area contributed by atoms with Crippen molar-refractivity contribution in [2.45, 2.75) is 52.6 Å². The Kier molecular flexibility index (Phi) is 5.95. The van der Waals surface area contributed by atoms with Crippen LogP contribution in [0.5, 0.6) is 0 Å². The van der Waals surface area contributed by atoms with Crippen molar-refractivity contribution in [3.63, 3.8) is 0 Å². The van der Waals surface area contributed by atoms with Gasteiger partial charge in [0.25, 0.3) is 5.91 Å². The minimum Gasteiger partial charge on any atom is -0.395 e. The fraction of sp³-hybridized carbons (Fsp3) is 0.526. The second-order valence-electron chi connectivity index (χ2n) is 7.50. The lowest BCUT2D eigenvalue weighted by molar-refractivity contribution is 0.0700. The lowest BCUT2D eigenvalue weighted by atomic mass is 10.1. The van der Waals surface area contributed by atoms with Crippen molar-refractivity contribution in [2.75, 3.05) is 13.2 Å². The summed E-state index contributed by atoms with van der Waals surface area (Å²) in [4.78, 5) is 18.7. The van der Waals surface area contributed by atoms with E-state index in [-0.39, 0.29) is 30.5 Å². The summed E-state index contributed by atoms with van der Waals surface area (Å²) < 4.78 is 1.92. The summed E-state index contributed by atoms with van der Waals surface area (Å²) in [5.41, 5.74) is 2.16. The van der Waals surface area contributed by atoms with Gasteiger partial charge in [0.2, 0.25) is 0 Å². The molecule has 0 fully saturated rings. The molecule has 0 radical (unpaired) electrons. The number of nitrogens with zero attached hydrogens (tertiary/aromatic N) is 4. The van der Waals surface area contributed by atoms with Crippen molar-refractivity contribution in [3.05, 3.63) is 47.5 Å². The highest BCUT2D eigenvalue weighted by Crippen LogP contribution is 2.24. The third kappa shape index (κ3) is 4.66. The molecule has 0 bridgehead atoms. The Morgan fingerprint density at radius 3 is 2.56 bits per heavy atom. The number of hydrogen-bond acceptors (Lipinski definition) is 4. The van der Waals surface area contributed by atoms with E-state index in [2.05, 4.69) is 44.7 Å². The number of pyridine rings is 1. The Labute approximate surface area is 149 Å². The van der Waals surface area contributed by atoms with Gasteiger partial charge in [-0.25, -0.2) is 0 Å². The van der Waals surface area contributed by atoms with Crippen LogP contribution in [0.3, 0.4) is 0 Å². The van der Waals surface area contributed by atoms with Crippen LogP contribution in [-0.2, 0) is 12.1 Å². The number of hydrogen-bond donors (Lipinski definition) is 1. The molecular formula is C19H28N4O2. The molecule has 6 heteroatoms. The van der Waals surface area contributed by atoms with E-state index in [9.17, 15) is 9.90 Å². The van der Waals surface area contributed by atoms with E-state index in [0.717, 1.165) is 11.3 Å². The molecule has 0 aliphatic carbocycles. The summed E-state index contributed by atoms with van der Waals surface area (Å²) in [6, 6.07) is 5.62. The molecule has 0 spiro atoms. The van der Waals surface area contributed by atoms with E-state index in [1.54, 1.807) is 17.3 Å². The van der Waals surface area contributed by atoms with Gasteiger partial charge in [0.15, 0.2) is 5.69 Å². The van der Waals surface area contributed by atoms with Gasteiger partial charge < -0.3 is 10.0 Å². The third-order valence-electron chi connectivity index (χ3n) is 3.94. The number of aliphatic hydroxyl groups excluding tert-OH is 1. The van der Waals surface area contributed by atoms with Crippen LogP contribution in [0.4, 0.5) is 0 Å². The molecule has 0 aliphatic heterocycles. The quantitative estimate of drug-likeness (QED) is 0.875. The van der Waals surface area contributed by atoms with Crippen molar-refractivity contribution < 1.29 is 9.90 Å². The zero-order chi connectivity index (χ0) is 18.6. The summed E-state index contributed by atoms with van der Waals surface area (Å²) in [6.07, 6.45) is 3.42. The Balaban J connectivity index is 2.33. The first kappa shape index (κ1) is 19.1. The molecule has 0 aromatic carbocycles. The molecule has 6 nitrogen and oxygen atoms in total. The molecule has 25 heavy (non-hydrogen) atoms. The Morgan fingerprint density at radius 2 is 2.08 bits per heavy atom. The van der Waals surface area contributed by atoms with E-state index in [0.29, 0.717) is 12.2 Å². The van der Waals surface area contributed by atoms with Gasteiger partial charge in [-0.15, -0.1) is 0 Å². The lowest BCUT2D eigenvalue weighted by Crippen LogP contribution is -2.34. The van der Waals surface area contributed by atoms with Gasteiger partial charge in [0, 0.05) is 31.2 Å². The van der Waals surface area contributed by atoms with E-state index < -0.39 is 0 Å². The zero-order valence-electron chi connectivity index (χ0n) is 15.7. The molecular weight excluding hydrogens is 316 g/mol. The van der Waals surface area contributed by atoms with E-state index >= 15 is 0 Å². The number of aliphatic hydroxyl groups is 1. The second kappa shape index (κ2) is 7.78. The first-order valence-electron chi connectivity index (χ1n) is 8.63. The maximum Gasteiger partial charge on any atom is 0.274 e. The fourth-order valence-electron chi connectivity index (χ4n) is 2.70. The van der Waals surface area contributed by atoms with Crippen molar-refractivity contribution in [1.29, 1.82) is 0 Å². The highest BCUT2D eigenvalue weighted by Gasteiger charge is 2.26. The average Bonchev–Trinajstić information content (AvgIpc) is 3.00. The van der Waals surface area contributed by atoms with Gasteiger partial charge >= 0.3 is 0 Å². The Morgan fingerprint density at radius 1 is 1.36 bits per heavy atom. The van der Waals surface area contributed by atoms with Crippen molar-refractivity contribution in [1.82, 2.24) is 19.7 Å². The average molecular weight is 344 g/mol. The second-order valence-corrected chi connectivity index (χ2v) is 7.50. The molecule has 1 amide bonds. The number of carbonyl (C=O) groups excluding carboxylic acids is 1. The van der Waals surface area contributed by atoms with Crippen LogP contribution in [0.25, 0.3) is 0 Å². The maximum atomic E-state index is 13.0. The Hall–Kier alpha value is -2.21. The summed E-state index contributed by atoms with van der Waals surface area (Å²) in [6.45, 7) is 11.0. The van der Waals surface area contributed by atoms with E-state index in [4.69, 9.17) is 0 Å². The number of amides is 1. The summed E-state index contributed by atoms with van der Waals surface area (Å²) in [5, 5.41) is 13.9. The maximum absolute atomic E-state index is 13.0. The van der Waals surface area contributed by atoms with Gasteiger partial charge in [0.1, 0.15) is 0 Å². The van der Waals surface area contributed by atoms with Crippen LogP contribution in [0.2, 0.25) is 0 Å². The highest BCUT2D eigenvalue weighted by atomic mass is 16.3. The highest BCUT2D eigenvalue weighted by molar-refractivity contribution is 5.92. The van der Waals surface area contributed by atoms with Crippen molar-refractivity contribution in [2.24, 2.45) is 0 Å². The van der Waals surface area contributed by atoms with Gasteiger partial charge in [-0.3, -0.25) is 14.5 Å². The largest absolute Gasteiger partial charge is 0.395 e. The van der Waals surface area contributed by atoms with E-state index in [1.807, 2.05) is 22.9 Å². The molecule has 2 rings (SSSR count). The number of rotatable bonds is 6. The molecule has 0 atom stereocenters. The molecule has 2 heterocycles. The van der Waals surface area contributed by atoms with Crippen LogP contribution in [-0.4, -0.2) is 43.8 Å². The first-order valence-corrected chi connectivity index (χ1v) is 8.63. The zero-order valence-corrected chi connectivity index (χ0v) is 15.7. The van der Waals surface area contributed by atoms with Crippen LogP contribution >= 0.6 is 0 Å². The van der Waals surface area contributed by atoms with Gasteiger partial charge in [-0.05, 0) is 44.4 Å². The van der Waals surface area contributed by atoms with Crippen LogP contribution < -0.4 is 0 Å². The summed E-state index contributed by atoms with van der Waals surface area (Å²) in [7, 11) is 0. The fourth-order valence-corrected chi connectivity index (χ4v) is 2.70. The van der Waals surface area contributed by atoms with Crippen LogP contribution in [0.15, 0.2) is 30.6 Å². The monoisotopic (exact) mass is 344 g/mol. The molecule has 0 saturated carbocycles. The Bertz CT molecular complexity index is 702. The number of carbonyl (C=O) groups is 1. The topological polar surface area (TPSA) is 71.2 Å². The van der Waals surface area contributed by atoms with Crippen molar-refractivity contribution >= 4 is 5.91 Å². The minimum absolute atomic E-state index is 0.0942. The standard InChI is InChI=1S/C19H28N4O2/c1-14(2)17-11-16(21-23(17)19(3,4)5)18(25)22(9-10-24)13-15-7-6-8-20-12-15/h6-8,11-12,14,24H,9-10,13H2,1-5H3. The molecule has 0 aliphatic rings. The summed E-state index contributed by atoms with van der Waals surface area (Å²) >= 11 is 0. The number of aromatic nitrogens is 3.